The molecule has 0 aliphatic rings. The molecule has 0 saturated carbocycles. The maximum atomic E-state index is 11.4. The fraction of sp³-hybridized carbons (Fsp3) is 0.545. The quantitative estimate of drug-likeness (QED) is 0.611. The number of amides is 1. The molecule has 7 heteroatoms. The van der Waals surface area contributed by atoms with Gasteiger partial charge in [0.05, 0.1) is 16.7 Å². The topological polar surface area (TPSA) is 100 Å². The van der Waals surface area contributed by atoms with E-state index >= 15 is 0 Å². The van der Waals surface area contributed by atoms with Crippen LogP contribution in [0.3, 0.4) is 0 Å². The third-order valence-electron chi connectivity index (χ3n) is 1.68. The zero-order chi connectivity index (χ0) is 14.3. The van der Waals surface area contributed by atoms with Gasteiger partial charge in [0.2, 0.25) is 0 Å². The first-order valence-electron chi connectivity index (χ1n) is 5.19. The van der Waals surface area contributed by atoms with Gasteiger partial charge in [0, 0.05) is 7.05 Å². The van der Waals surface area contributed by atoms with Crippen molar-refractivity contribution in [3.63, 3.8) is 0 Å². The molecule has 1 amide bonds. The molecule has 0 saturated heterocycles. The molecule has 0 aliphatic carbocycles. The Kier molecular flexibility index (Phi) is 6.41. The van der Waals surface area contributed by atoms with E-state index in [1.54, 1.807) is 26.8 Å². The van der Waals surface area contributed by atoms with Crippen LogP contribution < -0.4 is 11.1 Å². The first-order valence-corrected chi connectivity index (χ1v) is 5.98. The van der Waals surface area contributed by atoms with Crippen LogP contribution in [0, 0.1) is 11.3 Å². The van der Waals surface area contributed by atoms with Gasteiger partial charge in [-0.25, -0.2) is 4.79 Å². The highest BCUT2D eigenvalue weighted by Crippen LogP contribution is 2.11. The lowest BCUT2D eigenvalue weighted by atomic mass is 10.2. The Balaban J connectivity index is 4.55. The first-order chi connectivity index (χ1) is 8.21. The Bertz CT molecular complexity index is 416. The van der Waals surface area contributed by atoms with Crippen LogP contribution in [0.2, 0.25) is 0 Å². The number of nitriles is 1. The summed E-state index contributed by atoms with van der Waals surface area (Å²) in [6, 6.07) is 1.79. The van der Waals surface area contributed by atoms with E-state index in [4.69, 9.17) is 15.7 Å². The van der Waals surface area contributed by atoms with Crippen LogP contribution >= 0.6 is 15.9 Å². The van der Waals surface area contributed by atoms with Gasteiger partial charge in [0.1, 0.15) is 17.4 Å². The number of alkyl carbamates (subject to hydrolysis) is 1. The summed E-state index contributed by atoms with van der Waals surface area (Å²) in [6.07, 6.45) is -0.556. The van der Waals surface area contributed by atoms with E-state index in [1.165, 1.54) is 7.05 Å². The van der Waals surface area contributed by atoms with Crippen molar-refractivity contribution < 1.29 is 9.53 Å². The Labute approximate surface area is 115 Å². The third-order valence-corrected chi connectivity index (χ3v) is 2.56. The minimum Gasteiger partial charge on any atom is -0.444 e. The molecule has 3 N–H and O–H groups in total. The lowest BCUT2D eigenvalue weighted by molar-refractivity contribution is 0.0536. The molecule has 0 unspecified atom stereocenters. The molecule has 0 rings (SSSR count). The number of nitrogens with one attached hydrogen (secondary N) is 1. The molecule has 0 aromatic carbocycles. The molecular weight excluding hydrogens is 300 g/mol. The molecule has 0 aliphatic heterocycles. The molecule has 0 spiro atoms. The van der Waals surface area contributed by atoms with Gasteiger partial charge in [-0.05, 0) is 36.7 Å². The van der Waals surface area contributed by atoms with Crippen LogP contribution in [0.25, 0.3) is 0 Å². The van der Waals surface area contributed by atoms with Gasteiger partial charge < -0.3 is 15.8 Å². The van der Waals surface area contributed by atoms with E-state index in [9.17, 15) is 4.79 Å². The van der Waals surface area contributed by atoms with Crippen molar-refractivity contribution in [2.24, 2.45) is 10.7 Å². The minimum atomic E-state index is -0.563. The standard InChI is InChI=1S/C11H17BrN4O2/c1-11(2,3)18-10(17)16-6-8(15-4)9(12)7(14)5-13/h6,14H2,1-4H3,(H,16,17). The van der Waals surface area contributed by atoms with E-state index in [2.05, 4.69) is 26.2 Å². The van der Waals surface area contributed by atoms with Crippen molar-refractivity contribution in [2.75, 3.05) is 13.6 Å². The largest absolute Gasteiger partial charge is 0.444 e. The van der Waals surface area contributed by atoms with E-state index in [-0.39, 0.29) is 12.2 Å². The molecule has 0 heterocycles. The van der Waals surface area contributed by atoms with Gasteiger partial charge in [-0.15, -0.1) is 0 Å². The van der Waals surface area contributed by atoms with Gasteiger partial charge in [0.25, 0.3) is 0 Å². The van der Waals surface area contributed by atoms with Crippen LogP contribution in [0.4, 0.5) is 4.79 Å². The fourth-order valence-electron chi connectivity index (χ4n) is 0.929. The second-order valence-electron chi connectivity index (χ2n) is 4.37. The number of hydrogen-bond acceptors (Lipinski definition) is 5. The lowest BCUT2D eigenvalue weighted by Crippen LogP contribution is -2.35. The number of rotatable bonds is 3. The van der Waals surface area contributed by atoms with Crippen molar-refractivity contribution in [3.05, 3.63) is 10.2 Å². The molecule has 6 nitrogen and oxygen atoms in total. The van der Waals surface area contributed by atoms with E-state index < -0.39 is 11.7 Å². The molecule has 0 radical (unpaired) electrons. The molecule has 0 atom stereocenters. The highest BCUT2D eigenvalue weighted by Gasteiger charge is 2.17. The van der Waals surface area contributed by atoms with Crippen molar-refractivity contribution >= 4 is 27.7 Å². The van der Waals surface area contributed by atoms with Gasteiger partial charge in [-0.3, -0.25) is 4.99 Å². The van der Waals surface area contributed by atoms with Crippen molar-refractivity contribution in [2.45, 2.75) is 26.4 Å². The highest BCUT2D eigenvalue weighted by atomic mass is 79.9. The SMILES string of the molecule is CN=C(CNC(=O)OC(C)(C)C)C(Br)=C(N)C#N. The summed E-state index contributed by atoms with van der Waals surface area (Å²) in [4.78, 5) is 15.4. The average Bonchev–Trinajstić information content (AvgIpc) is 2.26. The van der Waals surface area contributed by atoms with Gasteiger partial charge in [-0.2, -0.15) is 5.26 Å². The number of halogens is 1. The number of aliphatic imine (C=N–C) groups is 1. The summed E-state index contributed by atoms with van der Waals surface area (Å²) in [7, 11) is 1.54. The van der Waals surface area contributed by atoms with Crippen LogP contribution in [0.1, 0.15) is 20.8 Å². The van der Waals surface area contributed by atoms with Gasteiger partial charge in [-0.1, -0.05) is 0 Å². The number of allylic oxidation sites excluding steroid dienone is 1. The minimum absolute atomic E-state index is 0.00147. The van der Waals surface area contributed by atoms with Crippen molar-refractivity contribution in [1.29, 1.82) is 5.26 Å². The zero-order valence-electron chi connectivity index (χ0n) is 10.9. The summed E-state index contributed by atoms with van der Waals surface area (Å²) in [5.41, 5.74) is 5.34. The maximum absolute atomic E-state index is 11.4. The van der Waals surface area contributed by atoms with Crippen LogP contribution in [-0.2, 0) is 4.74 Å². The second kappa shape index (κ2) is 7.01. The maximum Gasteiger partial charge on any atom is 0.407 e. The van der Waals surface area contributed by atoms with Crippen molar-refractivity contribution in [3.8, 4) is 6.07 Å². The number of carbonyl (C=O) groups excluding carboxylic acids is 1. The monoisotopic (exact) mass is 316 g/mol. The molecule has 0 fully saturated rings. The number of nitrogens with two attached hydrogens (primary N) is 1. The second-order valence-corrected chi connectivity index (χ2v) is 5.16. The third kappa shape index (κ3) is 6.25. The highest BCUT2D eigenvalue weighted by molar-refractivity contribution is 9.12. The number of ether oxygens (including phenoxy) is 1. The Morgan fingerprint density at radius 2 is 2.11 bits per heavy atom. The average molecular weight is 317 g/mol. The Morgan fingerprint density at radius 1 is 1.56 bits per heavy atom. The lowest BCUT2D eigenvalue weighted by Gasteiger charge is -2.19. The zero-order valence-corrected chi connectivity index (χ0v) is 12.5. The van der Waals surface area contributed by atoms with E-state index in [0.29, 0.717) is 10.2 Å². The summed E-state index contributed by atoms with van der Waals surface area (Å²) >= 11 is 3.15. The Hall–Kier alpha value is -1.55. The molecular formula is C11H17BrN4O2. The summed E-state index contributed by atoms with van der Waals surface area (Å²) in [5, 5.41) is 11.2. The normalized spacial score (nSPS) is 13.4. The predicted molar refractivity (Wildman–Crippen MR) is 73.3 cm³/mol. The van der Waals surface area contributed by atoms with Crippen LogP contribution in [0.5, 0.6) is 0 Å². The molecule has 0 bridgehead atoms. The van der Waals surface area contributed by atoms with Crippen LogP contribution in [-0.4, -0.2) is 31.0 Å². The van der Waals surface area contributed by atoms with Crippen LogP contribution in [0.15, 0.2) is 15.2 Å². The summed E-state index contributed by atoms with van der Waals surface area (Å²) in [5.74, 6) is 0. The van der Waals surface area contributed by atoms with E-state index in [0.717, 1.165) is 0 Å². The first kappa shape index (κ1) is 16.4. The van der Waals surface area contributed by atoms with Crippen molar-refractivity contribution in [1.82, 2.24) is 5.32 Å². The number of carbonyl (C=O) groups is 1. The molecule has 0 aromatic rings. The predicted octanol–water partition coefficient (Wildman–Crippen LogP) is 1.67. The van der Waals surface area contributed by atoms with Gasteiger partial charge >= 0.3 is 6.09 Å². The molecule has 100 valence electrons. The Morgan fingerprint density at radius 3 is 2.50 bits per heavy atom. The number of hydrogen-bond donors (Lipinski definition) is 2. The fourth-order valence-corrected chi connectivity index (χ4v) is 1.34. The van der Waals surface area contributed by atoms with Gasteiger partial charge in [0.15, 0.2) is 0 Å². The van der Waals surface area contributed by atoms with E-state index in [1.807, 2.05) is 0 Å². The molecule has 18 heavy (non-hydrogen) atoms. The summed E-state index contributed by atoms with van der Waals surface area (Å²) in [6.45, 7) is 5.43. The molecule has 0 aromatic heterocycles. The number of nitrogens with zero attached hydrogens (tertiary/aromatic N) is 2. The summed E-state index contributed by atoms with van der Waals surface area (Å²) < 4.78 is 5.43. The smallest absolute Gasteiger partial charge is 0.407 e.